The lowest BCUT2D eigenvalue weighted by Crippen LogP contribution is -2.22. The Balaban J connectivity index is 4.09. The van der Waals surface area contributed by atoms with Crippen molar-refractivity contribution in [3.05, 3.63) is 24.3 Å². The van der Waals surface area contributed by atoms with Gasteiger partial charge in [-0.05, 0) is 27.2 Å². The van der Waals surface area contributed by atoms with Gasteiger partial charge in [0.2, 0.25) is 0 Å². The quantitative estimate of drug-likeness (QED) is 0.655. The predicted octanol–water partition coefficient (Wildman–Crippen LogP) is 2.62. The molecule has 0 aliphatic heterocycles. The van der Waals surface area contributed by atoms with Gasteiger partial charge in [0.25, 0.3) is 0 Å². The predicted molar refractivity (Wildman–Crippen MR) is 50.0 cm³/mol. The highest BCUT2D eigenvalue weighted by Crippen LogP contribution is 2.20. The van der Waals surface area contributed by atoms with Crippen molar-refractivity contribution in [2.24, 2.45) is 5.41 Å². The van der Waals surface area contributed by atoms with Crippen molar-refractivity contribution < 1.29 is 9.90 Å². The molecule has 0 aromatic carbocycles. The smallest absolute Gasteiger partial charge is 0.309 e. The van der Waals surface area contributed by atoms with E-state index < -0.39 is 11.4 Å². The van der Waals surface area contributed by atoms with Gasteiger partial charge in [0.05, 0.1) is 5.41 Å². The number of carboxylic acids is 1. The second kappa shape index (κ2) is 4.10. The molecule has 0 radical (unpaired) electrons. The SMILES string of the molecule is C=C(C)C=CCC(C)(C)C(=O)O. The van der Waals surface area contributed by atoms with E-state index in [1.54, 1.807) is 13.8 Å². The highest BCUT2D eigenvalue weighted by molar-refractivity contribution is 5.73. The number of hydrogen-bond donors (Lipinski definition) is 1. The maximum atomic E-state index is 10.6. The molecule has 0 rings (SSSR count). The number of rotatable bonds is 4. The first-order valence-corrected chi connectivity index (χ1v) is 3.92. The lowest BCUT2D eigenvalue weighted by Gasteiger charge is -2.15. The molecule has 0 saturated carbocycles. The molecule has 2 nitrogen and oxygen atoms in total. The maximum Gasteiger partial charge on any atom is 0.309 e. The van der Waals surface area contributed by atoms with E-state index in [0.717, 1.165) is 5.57 Å². The monoisotopic (exact) mass is 168 g/mol. The third-order valence-corrected chi connectivity index (χ3v) is 1.61. The van der Waals surface area contributed by atoms with Gasteiger partial charge in [0.15, 0.2) is 0 Å². The van der Waals surface area contributed by atoms with Gasteiger partial charge >= 0.3 is 5.97 Å². The van der Waals surface area contributed by atoms with Crippen LogP contribution in [0.4, 0.5) is 0 Å². The molecule has 0 amide bonds. The number of carbonyl (C=O) groups is 1. The Morgan fingerprint density at radius 1 is 1.58 bits per heavy atom. The van der Waals surface area contributed by atoms with Gasteiger partial charge in [-0.25, -0.2) is 0 Å². The van der Waals surface area contributed by atoms with Crippen molar-refractivity contribution in [2.45, 2.75) is 27.2 Å². The van der Waals surface area contributed by atoms with E-state index in [1.807, 2.05) is 19.1 Å². The van der Waals surface area contributed by atoms with Crippen molar-refractivity contribution in [2.75, 3.05) is 0 Å². The van der Waals surface area contributed by atoms with E-state index in [2.05, 4.69) is 6.58 Å². The molecule has 0 atom stereocenters. The first-order valence-electron chi connectivity index (χ1n) is 3.92. The largest absolute Gasteiger partial charge is 0.481 e. The molecule has 1 N–H and O–H groups in total. The Labute approximate surface area is 73.6 Å². The number of carboxylic acid groups (broad SMARTS) is 1. The van der Waals surface area contributed by atoms with Crippen LogP contribution in [0.2, 0.25) is 0 Å². The summed E-state index contributed by atoms with van der Waals surface area (Å²) in [5, 5.41) is 8.75. The van der Waals surface area contributed by atoms with Crippen molar-refractivity contribution >= 4 is 5.97 Å². The Kier molecular flexibility index (Phi) is 3.74. The first kappa shape index (κ1) is 11.0. The summed E-state index contributed by atoms with van der Waals surface area (Å²) >= 11 is 0. The van der Waals surface area contributed by atoms with E-state index in [-0.39, 0.29) is 0 Å². The van der Waals surface area contributed by atoms with Crippen LogP contribution in [0, 0.1) is 5.41 Å². The minimum Gasteiger partial charge on any atom is -0.481 e. The zero-order valence-corrected chi connectivity index (χ0v) is 7.92. The maximum absolute atomic E-state index is 10.6. The van der Waals surface area contributed by atoms with Crippen LogP contribution in [-0.4, -0.2) is 11.1 Å². The molecular formula is C10H16O2. The zero-order valence-electron chi connectivity index (χ0n) is 7.92. The number of hydrogen-bond acceptors (Lipinski definition) is 1. The standard InChI is InChI=1S/C10H16O2/c1-8(2)6-5-7-10(3,4)9(11)12/h5-6H,1,7H2,2-4H3,(H,11,12). The normalized spacial score (nSPS) is 11.9. The van der Waals surface area contributed by atoms with Crippen LogP contribution in [0.15, 0.2) is 24.3 Å². The molecule has 0 saturated heterocycles. The molecule has 0 heterocycles. The molecule has 0 aliphatic rings. The van der Waals surface area contributed by atoms with Crippen LogP contribution in [0.5, 0.6) is 0 Å². The Morgan fingerprint density at radius 2 is 2.08 bits per heavy atom. The number of aliphatic carboxylic acids is 1. The summed E-state index contributed by atoms with van der Waals surface area (Å²) in [6.45, 7) is 8.98. The minimum absolute atomic E-state index is 0.537. The van der Waals surface area contributed by atoms with Gasteiger partial charge in [-0.3, -0.25) is 4.79 Å². The van der Waals surface area contributed by atoms with Gasteiger partial charge in [-0.2, -0.15) is 0 Å². The molecule has 0 unspecified atom stereocenters. The third-order valence-electron chi connectivity index (χ3n) is 1.61. The van der Waals surface area contributed by atoms with Crippen molar-refractivity contribution in [3.63, 3.8) is 0 Å². The van der Waals surface area contributed by atoms with Crippen LogP contribution in [0.25, 0.3) is 0 Å². The van der Waals surface area contributed by atoms with E-state index in [9.17, 15) is 4.79 Å². The molecule has 0 aromatic heterocycles. The Hall–Kier alpha value is -1.05. The summed E-state index contributed by atoms with van der Waals surface area (Å²) in [6, 6.07) is 0. The third kappa shape index (κ3) is 3.96. The topological polar surface area (TPSA) is 37.3 Å². The van der Waals surface area contributed by atoms with Crippen LogP contribution in [0.1, 0.15) is 27.2 Å². The molecule has 0 bridgehead atoms. The van der Waals surface area contributed by atoms with Crippen LogP contribution in [-0.2, 0) is 4.79 Å². The van der Waals surface area contributed by atoms with Crippen LogP contribution in [0.3, 0.4) is 0 Å². The summed E-state index contributed by atoms with van der Waals surface area (Å²) in [5.41, 5.74) is 0.266. The van der Waals surface area contributed by atoms with Gasteiger partial charge in [-0.15, -0.1) is 0 Å². The van der Waals surface area contributed by atoms with E-state index in [0.29, 0.717) is 6.42 Å². The van der Waals surface area contributed by atoms with E-state index in [1.165, 1.54) is 0 Å². The highest BCUT2D eigenvalue weighted by Gasteiger charge is 2.24. The lowest BCUT2D eigenvalue weighted by atomic mass is 9.89. The van der Waals surface area contributed by atoms with E-state index >= 15 is 0 Å². The summed E-state index contributed by atoms with van der Waals surface area (Å²) in [5.74, 6) is -0.770. The molecule has 0 aliphatic carbocycles. The molecule has 68 valence electrons. The van der Waals surface area contributed by atoms with Crippen LogP contribution >= 0.6 is 0 Å². The molecule has 12 heavy (non-hydrogen) atoms. The highest BCUT2D eigenvalue weighted by atomic mass is 16.4. The van der Waals surface area contributed by atoms with Crippen molar-refractivity contribution in [1.29, 1.82) is 0 Å². The Morgan fingerprint density at radius 3 is 2.42 bits per heavy atom. The molecule has 0 aromatic rings. The van der Waals surface area contributed by atoms with Gasteiger partial charge in [0.1, 0.15) is 0 Å². The van der Waals surface area contributed by atoms with Crippen molar-refractivity contribution in [1.82, 2.24) is 0 Å². The van der Waals surface area contributed by atoms with Crippen LogP contribution < -0.4 is 0 Å². The second-order valence-corrected chi connectivity index (χ2v) is 3.64. The summed E-state index contributed by atoms with van der Waals surface area (Å²) < 4.78 is 0. The fourth-order valence-corrected chi connectivity index (χ4v) is 0.642. The summed E-state index contributed by atoms with van der Waals surface area (Å²) in [7, 11) is 0. The summed E-state index contributed by atoms with van der Waals surface area (Å²) in [6.07, 6.45) is 4.22. The first-order chi connectivity index (χ1) is 5.36. The Bertz CT molecular complexity index is 212. The summed E-state index contributed by atoms with van der Waals surface area (Å²) in [4.78, 5) is 10.6. The number of allylic oxidation sites excluding steroid dienone is 3. The molecule has 0 fully saturated rings. The fraction of sp³-hybridized carbons (Fsp3) is 0.500. The molecular weight excluding hydrogens is 152 g/mol. The fourth-order valence-electron chi connectivity index (χ4n) is 0.642. The average molecular weight is 168 g/mol. The molecule has 2 heteroatoms. The van der Waals surface area contributed by atoms with Crippen molar-refractivity contribution in [3.8, 4) is 0 Å². The van der Waals surface area contributed by atoms with Gasteiger partial charge < -0.3 is 5.11 Å². The lowest BCUT2D eigenvalue weighted by molar-refractivity contribution is -0.146. The van der Waals surface area contributed by atoms with Gasteiger partial charge in [-0.1, -0.05) is 24.3 Å². The zero-order chi connectivity index (χ0) is 9.78. The van der Waals surface area contributed by atoms with Gasteiger partial charge in [0, 0.05) is 0 Å². The second-order valence-electron chi connectivity index (χ2n) is 3.64. The average Bonchev–Trinajstić information content (AvgIpc) is 1.85. The van der Waals surface area contributed by atoms with E-state index in [4.69, 9.17) is 5.11 Å². The minimum atomic E-state index is -0.770. The molecule has 0 spiro atoms.